The molecule has 0 aliphatic heterocycles. The van der Waals surface area contributed by atoms with Gasteiger partial charge >= 0.3 is 0 Å². The Balaban J connectivity index is 2.05. The molecule has 0 saturated heterocycles. The third kappa shape index (κ3) is 4.04. The Kier molecular flexibility index (Phi) is 4.99. The molecule has 124 valence electrons. The zero-order valence-corrected chi connectivity index (χ0v) is 15.0. The zero-order chi connectivity index (χ0) is 17.2. The van der Waals surface area contributed by atoms with Crippen molar-refractivity contribution < 1.29 is 4.79 Å². The summed E-state index contributed by atoms with van der Waals surface area (Å²) in [5, 5.41) is 9.01. The van der Waals surface area contributed by atoms with Crippen LogP contribution in [0.5, 0.6) is 0 Å². The number of hydrogen-bond donors (Lipinski definition) is 1. The number of rotatable bonds is 4. The van der Waals surface area contributed by atoms with Crippen molar-refractivity contribution >= 4 is 17.7 Å². The van der Waals surface area contributed by atoms with Gasteiger partial charge in [0.2, 0.25) is 5.16 Å². The normalized spacial score (nSPS) is 11.5. The van der Waals surface area contributed by atoms with Gasteiger partial charge in [0.25, 0.3) is 5.91 Å². The number of aromatic nitrogens is 3. The molecule has 0 aliphatic carbocycles. The molecule has 6 nitrogen and oxygen atoms in total. The van der Waals surface area contributed by atoms with Gasteiger partial charge in [0.1, 0.15) is 0 Å². The summed E-state index contributed by atoms with van der Waals surface area (Å²) in [4.78, 5) is 13.4. The van der Waals surface area contributed by atoms with Gasteiger partial charge in [0, 0.05) is 30.8 Å². The highest BCUT2D eigenvalue weighted by molar-refractivity contribution is 7.98. The summed E-state index contributed by atoms with van der Waals surface area (Å²) < 4.78 is 1.55. The Morgan fingerprint density at radius 3 is 2.30 bits per heavy atom. The predicted octanol–water partition coefficient (Wildman–Crippen LogP) is 2.28. The van der Waals surface area contributed by atoms with E-state index in [0.29, 0.717) is 10.7 Å². The summed E-state index contributed by atoms with van der Waals surface area (Å²) in [6.45, 7) is 6.15. The molecule has 0 unspecified atom stereocenters. The summed E-state index contributed by atoms with van der Waals surface area (Å²) in [5.41, 5.74) is 1.64. The van der Waals surface area contributed by atoms with Crippen molar-refractivity contribution in [3.05, 3.63) is 41.2 Å². The Labute approximate surface area is 141 Å². The number of nitrogen functional groups attached to an aromatic ring is 1. The third-order valence-corrected chi connectivity index (χ3v) is 4.32. The molecule has 7 heteroatoms. The lowest BCUT2D eigenvalue weighted by molar-refractivity contribution is 0.0827. The van der Waals surface area contributed by atoms with Crippen LogP contribution in [0.3, 0.4) is 0 Å². The Bertz CT molecular complexity index is 685. The molecule has 0 spiro atoms. The number of thioether (sulfide) groups is 1. The fourth-order valence-electron chi connectivity index (χ4n) is 2.04. The molecule has 1 heterocycles. The van der Waals surface area contributed by atoms with E-state index in [-0.39, 0.29) is 11.3 Å². The van der Waals surface area contributed by atoms with Crippen LogP contribution in [-0.4, -0.2) is 39.8 Å². The summed E-state index contributed by atoms with van der Waals surface area (Å²) >= 11 is 1.53. The first kappa shape index (κ1) is 17.3. The molecule has 2 aromatic rings. The largest absolute Gasteiger partial charge is 0.345 e. The maximum absolute atomic E-state index is 11.9. The van der Waals surface area contributed by atoms with Crippen LogP contribution in [0, 0.1) is 0 Å². The van der Waals surface area contributed by atoms with Gasteiger partial charge in [-0.05, 0) is 17.7 Å². The van der Waals surface area contributed by atoms with Crippen LogP contribution in [-0.2, 0) is 11.2 Å². The van der Waals surface area contributed by atoms with Crippen LogP contribution in [0.15, 0.2) is 29.4 Å². The van der Waals surface area contributed by atoms with Crippen molar-refractivity contribution in [1.29, 1.82) is 0 Å². The van der Waals surface area contributed by atoms with Crippen molar-refractivity contribution in [1.82, 2.24) is 19.8 Å². The van der Waals surface area contributed by atoms with Gasteiger partial charge in [-0.3, -0.25) is 4.79 Å². The smallest absolute Gasteiger partial charge is 0.253 e. The average Bonchev–Trinajstić information content (AvgIpc) is 2.86. The first-order valence-corrected chi connectivity index (χ1v) is 8.33. The van der Waals surface area contributed by atoms with E-state index >= 15 is 0 Å². The quantitative estimate of drug-likeness (QED) is 0.686. The number of amides is 1. The number of hydrogen-bond acceptors (Lipinski definition) is 5. The Morgan fingerprint density at radius 2 is 1.83 bits per heavy atom. The molecule has 1 aromatic heterocycles. The Hall–Kier alpha value is -2.02. The van der Waals surface area contributed by atoms with Crippen LogP contribution in [0.2, 0.25) is 0 Å². The van der Waals surface area contributed by atoms with E-state index < -0.39 is 0 Å². The van der Waals surface area contributed by atoms with E-state index in [9.17, 15) is 4.79 Å². The number of benzene rings is 1. The third-order valence-electron chi connectivity index (χ3n) is 3.31. The minimum Gasteiger partial charge on any atom is -0.345 e. The van der Waals surface area contributed by atoms with E-state index in [0.717, 1.165) is 17.1 Å². The first-order chi connectivity index (χ1) is 10.7. The fraction of sp³-hybridized carbons (Fsp3) is 0.438. The monoisotopic (exact) mass is 333 g/mol. The van der Waals surface area contributed by atoms with Crippen molar-refractivity contribution in [2.45, 2.75) is 37.1 Å². The lowest BCUT2D eigenvalue weighted by Gasteiger charge is -2.16. The molecule has 0 radical (unpaired) electrons. The highest BCUT2D eigenvalue weighted by Gasteiger charge is 2.22. The fourth-order valence-corrected chi connectivity index (χ4v) is 2.85. The lowest BCUT2D eigenvalue weighted by Crippen LogP contribution is -2.24. The SMILES string of the molecule is CN(C)C(=O)c1ccc(CSc2nnc(C(C)(C)C)n2N)cc1. The molecule has 0 fully saturated rings. The molecule has 1 amide bonds. The van der Waals surface area contributed by atoms with Gasteiger partial charge in [-0.15, -0.1) is 10.2 Å². The van der Waals surface area contributed by atoms with Gasteiger partial charge in [-0.1, -0.05) is 44.7 Å². The van der Waals surface area contributed by atoms with E-state index in [1.54, 1.807) is 23.7 Å². The molecule has 1 aromatic carbocycles. The minimum absolute atomic E-state index is 0.000670. The van der Waals surface area contributed by atoms with E-state index in [2.05, 4.69) is 31.0 Å². The van der Waals surface area contributed by atoms with Gasteiger partial charge in [-0.25, -0.2) is 4.68 Å². The molecule has 2 N–H and O–H groups in total. The first-order valence-electron chi connectivity index (χ1n) is 7.34. The molecule has 0 aliphatic rings. The van der Waals surface area contributed by atoms with Crippen LogP contribution in [0.4, 0.5) is 0 Å². The van der Waals surface area contributed by atoms with E-state index in [1.165, 1.54) is 11.8 Å². The minimum atomic E-state index is -0.144. The second-order valence-corrected chi connectivity index (χ2v) is 7.55. The van der Waals surface area contributed by atoms with Gasteiger partial charge in [0.05, 0.1) is 0 Å². The summed E-state index contributed by atoms with van der Waals surface area (Å²) in [7, 11) is 3.49. The highest BCUT2D eigenvalue weighted by Crippen LogP contribution is 2.25. The molecular weight excluding hydrogens is 310 g/mol. The van der Waals surface area contributed by atoms with Crippen LogP contribution in [0.1, 0.15) is 42.5 Å². The van der Waals surface area contributed by atoms with Crippen molar-refractivity contribution in [3.63, 3.8) is 0 Å². The molecule has 0 atom stereocenters. The maximum Gasteiger partial charge on any atom is 0.253 e. The highest BCUT2D eigenvalue weighted by atomic mass is 32.2. The number of nitrogens with zero attached hydrogens (tertiary/aromatic N) is 4. The van der Waals surface area contributed by atoms with Crippen LogP contribution >= 0.6 is 11.8 Å². The second kappa shape index (κ2) is 6.62. The van der Waals surface area contributed by atoms with Gasteiger partial charge in [0.15, 0.2) is 5.82 Å². The van der Waals surface area contributed by atoms with Gasteiger partial charge in [-0.2, -0.15) is 0 Å². The number of nitrogens with two attached hydrogens (primary N) is 1. The molecule has 23 heavy (non-hydrogen) atoms. The Morgan fingerprint density at radius 1 is 1.22 bits per heavy atom. The summed E-state index contributed by atoms with van der Waals surface area (Å²) in [6, 6.07) is 7.58. The molecule has 0 saturated carbocycles. The molecular formula is C16H23N5OS. The zero-order valence-electron chi connectivity index (χ0n) is 14.2. The van der Waals surface area contributed by atoms with Crippen molar-refractivity contribution in [2.75, 3.05) is 19.9 Å². The lowest BCUT2D eigenvalue weighted by atomic mass is 9.96. The summed E-state index contributed by atoms with van der Waals surface area (Å²) in [5.74, 6) is 7.55. The second-order valence-electron chi connectivity index (χ2n) is 6.61. The van der Waals surface area contributed by atoms with Crippen molar-refractivity contribution in [3.8, 4) is 0 Å². The maximum atomic E-state index is 11.9. The predicted molar refractivity (Wildman–Crippen MR) is 92.9 cm³/mol. The average molecular weight is 333 g/mol. The van der Waals surface area contributed by atoms with E-state index in [1.807, 2.05) is 24.3 Å². The molecule has 2 rings (SSSR count). The number of carbonyl (C=O) groups excluding carboxylic acids is 1. The topological polar surface area (TPSA) is 77.0 Å². The van der Waals surface area contributed by atoms with Crippen LogP contribution in [0.25, 0.3) is 0 Å². The van der Waals surface area contributed by atoms with Gasteiger partial charge < -0.3 is 10.7 Å². The standard InChI is InChI=1S/C16H23N5OS/c1-16(2,3)14-18-19-15(21(14)17)23-10-11-6-8-12(9-7-11)13(22)20(4)5/h6-9H,10,17H2,1-5H3. The summed E-state index contributed by atoms with van der Waals surface area (Å²) in [6.07, 6.45) is 0. The van der Waals surface area contributed by atoms with Crippen molar-refractivity contribution in [2.24, 2.45) is 0 Å². The molecule has 0 bridgehead atoms. The number of carbonyl (C=O) groups is 1. The van der Waals surface area contributed by atoms with E-state index in [4.69, 9.17) is 5.84 Å². The van der Waals surface area contributed by atoms with Crippen LogP contribution < -0.4 is 5.84 Å².